The Bertz CT molecular complexity index is 1020. The number of carbonyl (C=O) groups is 1. The zero-order chi connectivity index (χ0) is 21.5. The van der Waals surface area contributed by atoms with Gasteiger partial charge in [0.2, 0.25) is 0 Å². The monoisotopic (exact) mass is 418 g/mol. The van der Waals surface area contributed by atoms with Crippen molar-refractivity contribution in [3.05, 3.63) is 34.5 Å². The molecular formula is C21H27FN4O4. The summed E-state index contributed by atoms with van der Waals surface area (Å²) >= 11 is 0. The van der Waals surface area contributed by atoms with E-state index in [4.69, 9.17) is 9.47 Å². The predicted octanol–water partition coefficient (Wildman–Crippen LogP) is 2.32. The maximum Gasteiger partial charge on any atom is 0.407 e. The molecule has 8 nitrogen and oxygen atoms in total. The van der Waals surface area contributed by atoms with Gasteiger partial charge in [-0.15, -0.1) is 0 Å². The van der Waals surface area contributed by atoms with Gasteiger partial charge < -0.3 is 19.7 Å². The molecule has 0 bridgehead atoms. The standard InChI is InChI=1S/C21H27FN4O4/c1-21(2,3)30-20(28)24-8-13-6-7-25(10-13)11-14-12-29-19-15(22)9-23-16-4-5-17(27)26(14)18(16)19/h4-5,9,13-14H,6-8,10-12H2,1-3H3,(H,24,28)/t13-,14+/m0/s1. The lowest BCUT2D eigenvalue weighted by Crippen LogP contribution is -2.40. The normalized spacial score (nSPS) is 21.5. The highest BCUT2D eigenvalue weighted by molar-refractivity contribution is 5.82. The van der Waals surface area contributed by atoms with E-state index in [0.717, 1.165) is 25.7 Å². The Morgan fingerprint density at radius 3 is 2.97 bits per heavy atom. The number of pyridine rings is 2. The smallest absolute Gasteiger partial charge is 0.407 e. The fourth-order valence-corrected chi connectivity index (χ4v) is 4.14. The van der Waals surface area contributed by atoms with Crippen LogP contribution in [0.1, 0.15) is 33.2 Å². The molecule has 1 N–H and O–H groups in total. The topological polar surface area (TPSA) is 85.7 Å². The molecule has 2 aromatic rings. The van der Waals surface area contributed by atoms with Gasteiger partial charge in [-0.1, -0.05) is 0 Å². The van der Waals surface area contributed by atoms with Crippen molar-refractivity contribution in [1.29, 1.82) is 0 Å². The lowest BCUT2D eigenvalue weighted by atomic mass is 10.1. The van der Waals surface area contributed by atoms with E-state index in [2.05, 4.69) is 15.2 Å². The van der Waals surface area contributed by atoms with E-state index in [-0.39, 0.29) is 24.0 Å². The molecule has 0 radical (unpaired) electrons. The highest BCUT2D eigenvalue weighted by Crippen LogP contribution is 2.33. The molecule has 0 aliphatic carbocycles. The Kier molecular flexibility index (Phi) is 5.40. The first kappa shape index (κ1) is 20.6. The first-order valence-electron chi connectivity index (χ1n) is 10.2. The Morgan fingerprint density at radius 1 is 1.40 bits per heavy atom. The molecule has 162 valence electrons. The van der Waals surface area contributed by atoms with Gasteiger partial charge in [0.05, 0.1) is 17.8 Å². The highest BCUT2D eigenvalue weighted by Gasteiger charge is 2.31. The van der Waals surface area contributed by atoms with Crippen molar-refractivity contribution in [3.63, 3.8) is 0 Å². The van der Waals surface area contributed by atoms with Gasteiger partial charge in [0.15, 0.2) is 11.6 Å². The summed E-state index contributed by atoms with van der Waals surface area (Å²) in [6.07, 6.45) is 1.65. The van der Waals surface area contributed by atoms with Crippen molar-refractivity contribution in [3.8, 4) is 5.75 Å². The molecule has 0 spiro atoms. The van der Waals surface area contributed by atoms with Crippen LogP contribution in [0.4, 0.5) is 9.18 Å². The van der Waals surface area contributed by atoms with E-state index in [1.165, 1.54) is 6.07 Å². The quantitative estimate of drug-likeness (QED) is 0.820. The summed E-state index contributed by atoms with van der Waals surface area (Å²) in [6, 6.07) is 2.83. The van der Waals surface area contributed by atoms with E-state index in [1.54, 1.807) is 10.6 Å². The summed E-state index contributed by atoms with van der Waals surface area (Å²) in [6.45, 7) is 8.53. The van der Waals surface area contributed by atoms with Crippen molar-refractivity contribution < 1.29 is 18.7 Å². The molecule has 30 heavy (non-hydrogen) atoms. The van der Waals surface area contributed by atoms with Crippen LogP contribution in [0.5, 0.6) is 5.75 Å². The van der Waals surface area contributed by atoms with Crippen LogP contribution in [0.2, 0.25) is 0 Å². The Labute approximate surface area is 174 Å². The zero-order valence-electron chi connectivity index (χ0n) is 17.5. The first-order chi connectivity index (χ1) is 14.2. The molecule has 0 saturated carbocycles. The summed E-state index contributed by atoms with van der Waals surface area (Å²) in [4.78, 5) is 30.8. The van der Waals surface area contributed by atoms with Crippen molar-refractivity contribution >= 4 is 17.1 Å². The van der Waals surface area contributed by atoms with E-state index in [1.807, 2.05) is 20.8 Å². The summed E-state index contributed by atoms with van der Waals surface area (Å²) in [5, 5.41) is 2.83. The molecule has 4 rings (SSSR count). The van der Waals surface area contributed by atoms with Crippen LogP contribution >= 0.6 is 0 Å². The molecule has 1 fully saturated rings. The van der Waals surface area contributed by atoms with Crippen LogP contribution in [-0.4, -0.2) is 58.9 Å². The van der Waals surface area contributed by atoms with Crippen molar-refractivity contribution in [2.24, 2.45) is 5.92 Å². The van der Waals surface area contributed by atoms with Gasteiger partial charge in [-0.3, -0.25) is 14.3 Å². The molecular weight excluding hydrogens is 391 g/mol. The lowest BCUT2D eigenvalue weighted by molar-refractivity contribution is 0.0519. The molecule has 2 aliphatic heterocycles. The number of alkyl carbamates (subject to hydrolysis) is 1. The average Bonchev–Trinajstić information content (AvgIpc) is 3.11. The molecule has 4 heterocycles. The summed E-state index contributed by atoms with van der Waals surface area (Å²) in [5.41, 5.74) is 0.246. The molecule has 1 saturated heterocycles. The zero-order valence-corrected chi connectivity index (χ0v) is 17.5. The molecule has 9 heteroatoms. The number of aromatic nitrogens is 2. The van der Waals surface area contributed by atoms with Crippen molar-refractivity contribution in [1.82, 2.24) is 19.8 Å². The molecule has 0 aromatic carbocycles. The number of ether oxygens (including phenoxy) is 2. The van der Waals surface area contributed by atoms with Gasteiger partial charge in [0.1, 0.15) is 17.7 Å². The Morgan fingerprint density at radius 2 is 2.20 bits per heavy atom. The third-order valence-corrected chi connectivity index (χ3v) is 5.41. The minimum atomic E-state index is -0.560. The Hall–Kier alpha value is -2.68. The van der Waals surface area contributed by atoms with E-state index in [9.17, 15) is 14.0 Å². The Balaban J connectivity index is 1.41. The minimum absolute atomic E-state index is 0.0924. The second-order valence-corrected chi connectivity index (χ2v) is 8.97. The number of hydrogen-bond donors (Lipinski definition) is 1. The van der Waals surface area contributed by atoms with E-state index < -0.39 is 17.5 Å². The van der Waals surface area contributed by atoms with Crippen LogP contribution in [0, 0.1) is 11.7 Å². The predicted molar refractivity (Wildman–Crippen MR) is 109 cm³/mol. The van der Waals surface area contributed by atoms with Gasteiger partial charge in [-0.2, -0.15) is 0 Å². The molecule has 1 amide bonds. The minimum Gasteiger partial charge on any atom is -0.486 e. The number of amides is 1. The SMILES string of the molecule is CC(C)(C)OC(=O)NC[C@@H]1CCN(C[C@@H]2COc3c(F)cnc4ccc(=O)n2c34)C1. The third-order valence-electron chi connectivity index (χ3n) is 5.41. The number of hydrogen-bond acceptors (Lipinski definition) is 6. The number of nitrogens with one attached hydrogen (secondary N) is 1. The molecule has 2 aromatic heterocycles. The maximum absolute atomic E-state index is 14.1. The van der Waals surface area contributed by atoms with Gasteiger partial charge in [-0.05, 0) is 45.7 Å². The largest absolute Gasteiger partial charge is 0.486 e. The summed E-state index contributed by atoms with van der Waals surface area (Å²) in [5.74, 6) is -0.162. The average molecular weight is 418 g/mol. The molecule has 0 unspecified atom stereocenters. The maximum atomic E-state index is 14.1. The van der Waals surface area contributed by atoms with Gasteiger partial charge >= 0.3 is 6.09 Å². The van der Waals surface area contributed by atoms with Crippen LogP contribution in [0.3, 0.4) is 0 Å². The second-order valence-electron chi connectivity index (χ2n) is 8.97. The third kappa shape index (κ3) is 4.26. The van der Waals surface area contributed by atoms with Crippen molar-refractivity contribution in [2.45, 2.75) is 38.8 Å². The first-order valence-corrected chi connectivity index (χ1v) is 10.2. The lowest BCUT2D eigenvalue weighted by Gasteiger charge is -2.31. The molecule has 2 aliphatic rings. The van der Waals surface area contributed by atoms with E-state index >= 15 is 0 Å². The number of rotatable bonds is 4. The fraction of sp³-hybridized carbons (Fsp3) is 0.571. The van der Waals surface area contributed by atoms with Gasteiger partial charge in [0, 0.05) is 25.7 Å². The number of nitrogens with zero attached hydrogens (tertiary/aromatic N) is 3. The fourth-order valence-electron chi connectivity index (χ4n) is 4.14. The van der Waals surface area contributed by atoms with Crippen LogP contribution in [0.15, 0.2) is 23.1 Å². The highest BCUT2D eigenvalue weighted by atomic mass is 19.1. The van der Waals surface area contributed by atoms with Gasteiger partial charge in [0.25, 0.3) is 5.56 Å². The van der Waals surface area contributed by atoms with Crippen LogP contribution < -0.4 is 15.6 Å². The van der Waals surface area contributed by atoms with E-state index in [0.29, 0.717) is 30.0 Å². The van der Waals surface area contributed by atoms with Gasteiger partial charge in [-0.25, -0.2) is 9.18 Å². The van der Waals surface area contributed by atoms with Crippen LogP contribution in [0.25, 0.3) is 11.0 Å². The summed E-state index contributed by atoms with van der Waals surface area (Å²) < 4.78 is 26.7. The number of halogens is 1. The second kappa shape index (κ2) is 7.86. The number of likely N-dealkylation sites (tertiary alicyclic amines) is 1. The number of carbonyl (C=O) groups excluding carboxylic acids is 1. The van der Waals surface area contributed by atoms with Crippen LogP contribution in [-0.2, 0) is 4.74 Å². The van der Waals surface area contributed by atoms with Crippen molar-refractivity contribution in [2.75, 3.05) is 32.8 Å². The summed E-state index contributed by atoms with van der Waals surface area (Å²) in [7, 11) is 0. The molecule has 2 atom stereocenters.